The van der Waals surface area contributed by atoms with Crippen LogP contribution in [-0.4, -0.2) is 65.7 Å². The largest absolute Gasteiger partial charge is 0.388 e. The number of nitrogens with two attached hydrogens (primary N) is 1. The zero-order chi connectivity index (χ0) is 33.1. The van der Waals surface area contributed by atoms with Gasteiger partial charge in [-0.15, -0.1) is 0 Å². The molecule has 3 aliphatic rings. The number of carbonyl (C=O) groups excluding carboxylic acids is 3. The lowest BCUT2D eigenvalue weighted by Gasteiger charge is -2.48. The predicted molar refractivity (Wildman–Crippen MR) is 169 cm³/mol. The van der Waals surface area contributed by atoms with Gasteiger partial charge in [0.15, 0.2) is 0 Å². The topological polar surface area (TPSA) is 122 Å². The Morgan fingerprint density at radius 2 is 1.66 bits per heavy atom. The maximum absolute atomic E-state index is 13.7. The summed E-state index contributed by atoms with van der Waals surface area (Å²) < 4.78 is 38.6. The molecule has 6 rings (SSSR count). The van der Waals surface area contributed by atoms with Gasteiger partial charge in [-0.2, -0.15) is 0 Å². The van der Waals surface area contributed by atoms with E-state index in [0.29, 0.717) is 63.1 Å². The highest BCUT2D eigenvalue weighted by Gasteiger charge is 2.48. The fraction of sp³-hybridized carbons (Fsp3) is 0.417. The molecule has 3 heterocycles. The molecule has 3 unspecified atom stereocenters. The molecule has 0 bridgehead atoms. The Morgan fingerprint density at radius 3 is 2.28 bits per heavy atom. The van der Waals surface area contributed by atoms with E-state index in [4.69, 9.17) is 15.2 Å². The molecule has 3 aromatic rings. The van der Waals surface area contributed by atoms with Crippen LogP contribution in [-0.2, 0) is 30.3 Å². The van der Waals surface area contributed by atoms with Gasteiger partial charge >= 0.3 is 0 Å². The number of carbonyl (C=O) groups is 3. The van der Waals surface area contributed by atoms with Gasteiger partial charge < -0.3 is 30.1 Å². The SMILES string of the molecule is NC(=O)C1CCCN1C(=O)COC1(CCc2ccc(C3[C@@H](CCC(O)c4ccc(F)cc4)C(=O)N3c3ccc(F)cc3)cc2)COC1. The van der Waals surface area contributed by atoms with Gasteiger partial charge in [0.2, 0.25) is 17.7 Å². The van der Waals surface area contributed by atoms with E-state index in [-0.39, 0.29) is 30.3 Å². The van der Waals surface area contributed by atoms with Crippen molar-refractivity contribution in [3.05, 3.63) is 101 Å². The molecule has 3 fully saturated rings. The van der Waals surface area contributed by atoms with Crippen molar-refractivity contribution >= 4 is 23.4 Å². The Labute approximate surface area is 272 Å². The third-order valence-corrected chi connectivity index (χ3v) is 9.65. The van der Waals surface area contributed by atoms with Crippen LogP contribution in [0.5, 0.6) is 0 Å². The summed E-state index contributed by atoms with van der Waals surface area (Å²) in [6.07, 6.45) is 2.50. The molecule has 47 heavy (non-hydrogen) atoms. The van der Waals surface area contributed by atoms with Gasteiger partial charge in [-0.3, -0.25) is 14.4 Å². The van der Waals surface area contributed by atoms with Gasteiger partial charge in [0.05, 0.1) is 31.3 Å². The molecular weight excluding hydrogens is 608 g/mol. The number of aliphatic hydroxyl groups is 1. The van der Waals surface area contributed by atoms with E-state index < -0.39 is 35.4 Å². The van der Waals surface area contributed by atoms with Crippen LogP contribution in [0.4, 0.5) is 14.5 Å². The third kappa shape index (κ3) is 7.07. The lowest BCUT2D eigenvalue weighted by Crippen LogP contribution is -2.55. The number of anilines is 1. The molecular formula is C36H39F2N3O6. The van der Waals surface area contributed by atoms with Gasteiger partial charge in [-0.1, -0.05) is 36.4 Å². The quantitative estimate of drug-likeness (QED) is 0.266. The molecule has 0 aliphatic carbocycles. The number of halogens is 2. The number of hydrogen-bond acceptors (Lipinski definition) is 6. The third-order valence-electron chi connectivity index (χ3n) is 9.65. The maximum Gasteiger partial charge on any atom is 0.249 e. The molecule has 248 valence electrons. The van der Waals surface area contributed by atoms with Gasteiger partial charge in [0.25, 0.3) is 0 Å². The number of primary amides is 1. The molecule has 0 spiro atoms. The predicted octanol–water partition coefficient (Wildman–Crippen LogP) is 4.38. The zero-order valence-corrected chi connectivity index (χ0v) is 26.0. The first-order valence-electron chi connectivity index (χ1n) is 16.1. The molecule has 11 heteroatoms. The first kappa shape index (κ1) is 32.7. The number of nitrogens with zero attached hydrogens (tertiary/aromatic N) is 2. The second-order valence-corrected chi connectivity index (χ2v) is 12.7. The van der Waals surface area contributed by atoms with E-state index in [1.165, 1.54) is 29.2 Å². The van der Waals surface area contributed by atoms with Crippen molar-refractivity contribution in [2.24, 2.45) is 11.7 Å². The highest BCUT2D eigenvalue weighted by Crippen LogP contribution is 2.46. The van der Waals surface area contributed by atoms with Crippen molar-refractivity contribution in [1.29, 1.82) is 0 Å². The molecule has 0 radical (unpaired) electrons. The Balaban J connectivity index is 1.10. The van der Waals surface area contributed by atoms with Gasteiger partial charge in [0, 0.05) is 12.2 Å². The minimum absolute atomic E-state index is 0.105. The van der Waals surface area contributed by atoms with E-state index in [1.807, 2.05) is 24.3 Å². The summed E-state index contributed by atoms with van der Waals surface area (Å²) in [5.74, 6) is -2.02. The van der Waals surface area contributed by atoms with Crippen LogP contribution < -0.4 is 10.6 Å². The first-order chi connectivity index (χ1) is 22.6. The molecule has 3 aliphatic heterocycles. The van der Waals surface area contributed by atoms with Crippen LogP contribution in [0.15, 0.2) is 72.8 Å². The zero-order valence-electron chi connectivity index (χ0n) is 26.0. The summed E-state index contributed by atoms with van der Waals surface area (Å²) in [5.41, 5.74) is 8.01. The Hall–Kier alpha value is -4.19. The molecule has 3 aromatic carbocycles. The van der Waals surface area contributed by atoms with E-state index in [9.17, 15) is 28.3 Å². The van der Waals surface area contributed by atoms with Crippen LogP contribution in [0.3, 0.4) is 0 Å². The number of β-lactam (4-membered cyclic amide) rings is 1. The molecule has 3 saturated heterocycles. The number of aryl methyl sites for hydroxylation is 1. The molecule has 9 nitrogen and oxygen atoms in total. The average molecular weight is 648 g/mol. The fourth-order valence-corrected chi connectivity index (χ4v) is 6.83. The van der Waals surface area contributed by atoms with Crippen LogP contribution in [0.1, 0.15) is 60.9 Å². The molecule has 3 amide bonds. The number of aliphatic hydroxyl groups excluding tert-OH is 1. The van der Waals surface area contributed by atoms with Crippen molar-refractivity contribution in [2.45, 2.75) is 62.3 Å². The summed E-state index contributed by atoms with van der Waals surface area (Å²) in [7, 11) is 0. The smallest absolute Gasteiger partial charge is 0.249 e. The number of likely N-dealkylation sites (tertiary alicyclic amines) is 1. The standard InChI is InChI=1S/C36H39F2N3O6/c37-26-9-7-24(8-10-26)31(42)16-15-29-33(41(35(29)45)28-13-11-27(38)12-14-28)25-5-3-23(4-6-25)17-18-36(21-46-22-36)47-20-32(43)40-19-1-2-30(40)34(39)44/h3-14,29-31,33,42H,1-2,15-22H2,(H2,39,44)/t29-,30?,31?,33?/m1/s1. The van der Waals surface area contributed by atoms with Crippen molar-refractivity contribution in [3.8, 4) is 0 Å². The van der Waals surface area contributed by atoms with Gasteiger partial charge in [-0.25, -0.2) is 8.78 Å². The van der Waals surface area contributed by atoms with Gasteiger partial charge in [-0.05, 0) is 91.6 Å². The maximum atomic E-state index is 13.7. The van der Waals surface area contributed by atoms with Crippen LogP contribution >= 0.6 is 0 Å². The van der Waals surface area contributed by atoms with Crippen LogP contribution in [0, 0.1) is 17.6 Å². The Morgan fingerprint density at radius 1 is 1.00 bits per heavy atom. The first-order valence-corrected chi connectivity index (χ1v) is 16.1. The molecule has 0 saturated carbocycles. The fourth-order valence-electron chi connectivity index (χ4n) is 6.83. The lowest BCUT2D eigenvalue weighted by molar-refractivity contribution is -0.214. The summed E-state index contributed by atoms with van der Waals surface area (Å²) in [6.45, 7) is 1.10. The van der Waals surface area contributed by atoms with Crippen molar-refractivity contribution in [2.75, 3.05) is 31.3 Å². The van der Waals surface area contributed by atoms with E-state index in [2.05, 4.69) is 0 Å². The van der Waals surface area contributed by atoms with Crippen LogP contribution in [0.25, 0.3) is 0 Å². The summed E-state index contributed by atoms with van der Waals surface area (Å²) in [4.78, 5) is 41.1. The van der Waals surface area contributed by atoms with Crippen LogP contribution in [0.2, 0.25) is 0 Å². The van der Waals surface area contributed by atoms with E-state index >= 15 is 0 Å². The minimum atomic E-state index is -0.841. The van der Waals surface area contributed by atoms with Gasteiger partial charge in [0.1, 0.15) is 29.9 Å². The summed E-state index contributed by atoms with van der Waals surface area (Å²) in [6, 6.07) is 18.6. The van der Waals surface area contributed by atoms with E-state index in [0.717, 1.165) is 17.5 Å². The Bertz CT molecular complexity index is 1580. The normalized spacial score (nSPS) is 22.4. The highest BCUT2D eigenvalue weighted by molar-refractivity contribution is 6.03. The second kappa shape index (κ2) is 13.9. The average Bonchev–Trinajstić information content (AvgIpc) is 3.55. The monoisotopic (exact) mass is 647 g/mol. The summed E-state index contributed by atoms with van der Waals surface area (Å²) >= 11 is 0. The highest BCUT2D eigenvalue weighted by atomic mass is 19.1. The number of ether oxygens (including phenoxy) is 2. The van der Waals surface area contributed by atoms with Crippen molar-refractivity contribution in [3.63, 3.8) is 0 Å². The minimum Gasteiger partial charge on any atom is -0.388 e. The number of amides is 3. The Kier molecular flexibility index (Phi) is 9.67. The van der Waals surface area contributed by atoms with E-state index in [1.54, 1.807) is 29.2 Å². The number of benzene rings is 3. The van der Waals surface area contributed by atoms with Crippen molar-refractivity contribution in [1.82, 2.24) is 4.90 Å². The number of hydrogen-bond donors (Lipinski definition) is 2. The molecule has 4 atom stereocenters. The molecule has 0 aromatic heterocycles. The molecule has 3 N–H and O–H groups in total. The second-order valence-electron chi connectivity index (χ2n) is 12.7. The van der Waals surface area contributed by atoms with Crippen molar-refractivity contribution < 1.29 is 37.7 Å². The lowest BCUT2D eigenvalue weighted by atomic mass is 9.78. The summed E-state index contributed by atoms with van der Waals surface area (Å²) in [5, 5.41) is 10.7. The number of rotatable bonds is 13.